The molecule has 0 N–H and O–H groups in total. The highest BCUT2D eigenvalue weighted by molar-refractivity contribution is 5.98. The summed E-state index contributed by atoms with van der Waals surface area (Å²) >= 11 is 0. The zero-order valence-electron chi connectivity index (χ0n) is 13.6. The molecule has 0 spiro atoms. The number of anilines is 1. The molecule has 0 bridgehead atoms. The smallest absolute Gasteiger partial charge is 0.337 e. The third-order valence-electron chi connectivity index (χ3n) is 4.20. The van der Waals surface area contributed by atoms with Gasteiger partial charge in [-0.15, -0.1) is 0 Å². The summed E-state index contributed by atoms with van der Waals surface area (Å²) in [4.78, 5) is 36.0. The summed E-state index contributed by atoms with van der Waals surface area (Å²) in [6.07, 6.45) is 0.836. The largest absolute Gasteiger partial charge is 0.465 e. The standard InChI is InChI=1S/C18H16N2O5/c1-25-18(22)14-4-7-16-13(11-14)8-9-19(16)17(21)10-12-2-5-15(6-3-12)20(23)24/h2-7,11H,8-10H2,1H3. The molecule has 0 atom stereocenters. The molecule has 25 heavy (non-hydrogen) atoms. The van der Waals surface area contributed by atoms with Gasteiger partial charge < -0.3 is 9.64 Å². The van der Waals surface area contributed by atoms with Crippen LogP contribution >= 0.6 is 0 Å². The molecular formula is C18H16N2O5. The lowest BCUT2D eigenvalue weighted by Crippen LogP contribution is -2.30. The molecule has 0 aromatic heterocycles. The van der Waals surface area contributed by atoms with E-state index in [-0.39, 0.29) is 18.0 Å². The van der Waals surface area contributed by atoms with Crippen molar-refractivity contribution in [3.05, 3.63) is 69.3 Å². The number of hydrogen-bond acceptors (Lipinski definition) is 5. The molecule has 0 saturated carbocycles. The molecule has 7 nitrogen and oxygen atoms in total. The van der Waals surface area contributed by atoms with Gasteiger partial charge >= 0.3 is 5.97 Å². The van der Waals surface area contributed by atoms with Crippen molar-refractivity contribution in [2.75, 3.05) is 18.6 Å². The van der Waals surface area contributed by atoms with Crippen LogP contribution in [0.3, 0.4) is 0 Å². The predicted octanol–water partition coefficient (Wildman–Crippen LogP) is 2.51. The van der Waals surface area contributed by atoms with Crippen LogP contribution in [0.25, 0.3) is 0 Å². The molecule has 0 saturated heterocycles. The lowest BCUT2D eigenvalue weighted by Gasteiger charge is -2.17. The summed E-state index contributed by atoms with van der Waals surface area (Å²) in [5.41, 5.74) is 2.90. The van der Waals surface area contributed by atoms with Crippen LogP contribution < -0.4 is 4.90 Å². The van der Waals surface area contributed by atoms with E-state index in [9.17, 15) is 19.7 Å². The van der Waals surface area contributed by atoms with Gasteiger partial charge in [0.1, 0.15) is 0 Å². The van der Waals surface area contributed by atoms with Gasteiger partial charge in [-0.2, -0.15) is 0 Å². The number of carbonyl (C=O) groups excluding carboxylic acids is 2. The SMILES string of the molecule is COC(=O)c1ccc2c(c1)CCN2C(=O)Cc1ccc([N+](=O)[O-])cc1. The maximum Gasteiger partial charge on any atom is 0.337 e. The number of nitro groups is 1. The minimum atomic E-state index is -0.471. The zero-order valence-corrected chi connectivity index (χ0v) is 13.6. The Morgan fingerprint density at radius 3 is 2.56 bits per heavy atom. The Balaban J connectivity index is 1.75. The van der Waals surface area contributed by atoms with E-state index in [2.05, 4.69) is 0 Å². The lowest BCUT2D eigenvalue weighted by molar-refractivity contribution is -0.384. The van der Waals surface area contributed by atoms with Crippen molar-refractivity contribution < 1.29 is 19.2 Å². The second-order valence-electron chi connectivity index (χ2n) is 5.73. The van der Waals surface area contributed by atoms with Crippen LogP contribution in [0.1, 0.15) is 21.5 Å². The molecule has 1 heterocycles. The Bertz CT molecular complexity index is 845. The molecule has 0 aliphatic carbocycles. The zero-order chi connectivity index (χ0) is 18.0. The van der Waals surface area contributed by atoms with E-state index >= 15 is 0 Å². The van der Waals surface area contributed by atoms with Crippen LogP contribution in [0.5, 0.6) is 0 Å². The topological polar surface area (TPSA) is 89.8 Å². The van der Waals surface area contributed by atoms with Gasteiger partial charge in [0.2, 0.25) is 5.91 Å². The van der Waals surface area contributed by atoms with Gasteiger partial charge in [-0.3, -0.25) is 14.9 Å². The van der Waals surface area contributed by atoms with Crippen LogP contribution in [-0.4, -0.2) is 30.5 Å². The van der Waals surface area contributed by atoms with Gasteiger partial charge in [-0.05, 0) is 35.7 Å². The van der Waals surface area contributed by atoms with E-state index in [1.807, 2.05) is 0 Å². The molecule has 2 aromatic carbocycles. The van der Waals surface area contributed by atoms with Crippen molar-refractivity contribution in [3.8, 4) is 0 Å². The Labute approximate surface area is 144 Å². The van der Waals surface area contributed by atoms with Crippen LogP contribution in [0.15, 0.2) is 42.5 Å². The normalized spacial score (nSPS) is 12.6. The maximum atomic E-state index is 12.6. The number of benzene rings is 2. The molecule has 7 heteroatoms. The average molecular weight is 340 g/mol. The molecule has 3 rings (SSSR count). The Kier molecular flexibility index (Phi) is 4.47. The van der Waals surface area contributed by atoms with Crippen molar-refractivity contribution in [1.82, 2.24) is 0 Å². The summed E-state index contributed by atoms with van der Waals surface area (Å²) in [6.45, 7) is 0.547. The molecule has 1 aliphatic rings. The van der Waals surface area contributed by atoms with E-state index in [0.717, 1.165) is 16.8 Å². The van der Waals surface area contributed by atoms with Gasteiger partial charge in [0.05, 0.1) is 24.0 Å². The highest BCUT2D eigenvalue weighted by Gasteiger charge is 2.25. The molecule has 2 aromatic rings. The van der Waals surface area contributed by atoms with Crippen LogP contribution in [0, 0.1) is 10.1 Å². The number of rotatable bonds is 4. The molecule has 0 fully saturated rings. The number of non-ortho nitro benzene ring substituents is 1. The van der Waals surface area contributed by atoms with Crippen LogP contribution in [0.4, 0.5) is 11.4 Å². The number of carbonyl (C=O) groups is 2. The quantitative estimate of drug-likeness (QED) is 0.485. The Hall–Kier alpha value is -3.22. The van der Waals surface area contributed by atoms with Gasteiger partial charge in [0.25, 0.3) is 5.69 Å². The fraction of sp³-hybridized carbons (Fsp3) is 0.222. The Morgan fingerprint density at radius 1 is 1.20 bits per heavy atom. The lowest BCUT2D eigenvalue weighted by atomic mass is 10.1. The number of amides is 1. The second-order valence-corrected chi connectivity index (χ2v) is 5.73. The predicted molar refractivity (Wildman–Crippen MR) is 90.6 cm³/mol. The fourth-order valence-electron chi connectivity index (χ4n) is 2.91. The number of hydrogen-bond donors (Lipinski definition) is 0. The minimum Gasteiger partial charge on any atom is -0.465 e. The van der Waals surface area contributed by atoms with Crippen molar-refractivity contribution >= 4 is 23.3 Å². The summed E-state index contributed by atoms with van der Waals surface area (Å²) in [5.74, 6) is -0.489. The second kappa shape index (κ2) is 6.72. The number of esters is 1. The van der Waals surface area contributed by atoms with E-state index in [4.69, 9.17) is 4.74 Å². The van der Waals surface area contributed by atoms with Crippen LogP contribution in [0.2, 0.25) is 0 Å². The third kappa shape index (κ3) is 3.35. The summed E-state index contributed by atoms with van der Waals surface area (Å²) in [6, 6.07) is 11.1. The fourth-order valence-corrected chi connectivity index (χ4v) is 2.91. The first kappa shape index (κ1) is 16.6. The summed E-state index contributed by atoms with van der Waals surface area (Å²) in [7, 11) is 1.33. The van der Waals surface area contributed by atoms with E-state index in [1.165, 1.54) is 19.2 Å². The molecule has 0 radical (unpaired) electrons. The summed E-state index contributed by atoms with van der Waals surface area (Å²) < 4.78 is 4.71. The molecule has 1 amide bonds. The first-order valence-electron chi connectivity index (χ1n) is 7.74. The van der Waals surface area contributed by atoms with Crippen molar-refractivity contribution in [3.63, 3.8) is 0 Å². The number of nitrogens with zero attached hydrogens (tertiary/aromatic N) is 2. The molecule has 0 unspecified atom stereocenters. The van der Waals surface area contributed by atoms with Gasteiger partial charge in [0.15, 0.2) is 0 Å². The van der Waals surface area contributed by atoms with E-state index in [1.54, 1.807) is 35.2 Å². The van der Waals surface area contributed by atoms with Crippen molar-refractivity contribution in [1.29, 1.82) is 0 Å². The number of fused-ring (bicyclic) bond motifs is 1. The van der Waals surface area contributed by atoms with Gasteiger partial charge in [-0.25, -0.2) is 4.79 Å². The molecular weight excluding hydrogens is 324 g/mol. The highest BCUT2D eigenvalue weighted by atomic mass is 16.6. The summed E-state index contributed by atoms with van der Waals surface area (Å²) in [5, 5.41) is 10.7. The number of methoxy groups -OCH3 is 1. The third-order valence-corrected chi connectivity index (χ3v) is 4.20. The average Bonchev–Trinajstić information content (AvgIpc) is 3.04. The Morgan fingerprint density at radius 2 is 1.92 bits per heavy atom. The number of nitro benzene ring substituents is 1. The van der Waals surface area contributed by atoms with Crippen molar-refractivity contribution in [2.24, 2.45) is 0 Å². The number of ether oxygens (including phenoxy) is 1. The first-order chi connectivity index (χ1) is 12.0. The van der Waals surface area contributed by atoms with E-state index in [0.29, 0.717) is 18.5 Å². The van der Waals surface area contributed by atoms with Gasteiger partial charge in [0, 0.05) is 24.4 Å². The van der Waals surface area contributed by atoms with Crippen molar-refractivity contribution in [2.45, 2.75) is 12.8 Å². The maximum absolute atomic E-state index is 12.6. The van der Waals surface area contributed by atoms with Gasteiger partial charge in [-0.1, -0.05) is 12.1 Å². The minimum absolute atomic E-state index is 0.00180. The van der Waals surface area contributed by atoms with E-state index < -0.39 is 10.9 Å². The first-order valence-corrected chi connectivity index (χ1v) is 7.74. The molecule has 128 valence electrons. The molecule has 1 aliphatic heterocycles. The highest BCUT2D eigenvalue weighted by Crippen LogP contribution is 2.29. The van der Waals surface area contributed by atoms with Crippen LogP contribution in [-0.2, 0) is 22.4 Å². The monoisotopic (exact) mass is 340 g/mol.